The van der Waals surface area contributed by atoms with Crippen LogP contribution in [0.3, 0.4) is 0 Å². The van der Waals surface area contributed by atoms with Crippen LogP contribution in [-0.2, 0) is 32.7 Å². The van der Waals surface area contributed by atoms with Crippen molar-refractivity contribution in [3.05, 3.63) is 72.9 Å². The van der Waals surface area contributed by atoms with Gasteiger partial charge in [-0.25, -0.2) is 4.57 Å². The molecule has 0 aromatic heterocycles. The maximum absolute atomic E-state index is 12.8. The number of esters is 2. The van der Waals surface area contributed by atoms with Gasteiger partial charge in [0.05, 0.1) is 27.7 Å². The first kappa shape index (κ1) is 71.5. The predicted octanol–water partition coefficient (Wildman–Crippen LogP) is 19.3. The number of likely N-dealkylation sites (N-methyl/N-ethyl adjacent to an activating group) is 1. The quantitative estimate of drug-likeness (QED) is 0.0211. The van der Waals surface area contributed by atoms with Gasteiger partial charge in [0.2, 0.25) is 0 Å². The Morgan fingerprint density at radius 3 is 1.16 bits per heavy atom. The summed E-state index contributed by atoms with van der Waals surface area (Å²) in [6.07, 6.45) is 72.8. The molecule has 0 spiro atoms. The van der Waals surface area contributed by atoms with Crippen LogP contribution in [0.2, 0.25) is 0 Å². The van der Waals surface area contributed by atoms with E-state index in [4.69, 9.17) is 18.5 Å². The second-order valence-electron chi connectivity index (χ2n) is 21.7. The molecule has 0 aliphatic carbocycles. The molecule has 9 nitrogen and oxygen atoms in total. The Morgan fingerprint density at radius 2 is 0.770 bits per heavy atom. The third-order valence-electron chi connectivity index (χ3n) is 13.2. The molecule has 2 unspecified atom stereocenters. The molecule has 1 N–H and O–H groups in total. The summed E-state index contributed by atoms with van der Waals surface area (Å²) in [7, 11) is 1.48. The van der Waals surface area contributed by atoms with Crippen molar-refractivity contribution in [3.63, 3.8) is 0 Å². The lowest BCUT2D eigenvalue weighted by Gasteiger charge is -2.24. The number of nitrogens with zero attached hydrogens (tertiary/aromatic N) is 1. The van der Waals surface area contributed by atoms with Crippen molar-refractivity contribution in [2.75, 3.05) is 47.5 Å². The van der Waals surface area contributed by atoms with Crippen LogP contribution in [-0.4, -0.2) is 74.9 Å². The zero-order valence-corrected chi connectivity index (χ0v) is 49.7. The first-order valence-corrected chi connectivity index (χ1v) is 32.2. The first-order chi connectivity index (χ1) is 36.0. The summed E-state index contributed by atoms with van der Waals surface area (Å²) in [5, 5.41) is 0. The lowest BCUT2D eigenvalue weighted by Crippen LogP contribution is -2.37. The standard InChI is InChI=1S/C64H116NO8P/c1-6-8-10-12-14-16-18-20-21-22-23-24-25-26-27-28-29-30-31-32-33-34-35-36-37-38-39-40-41-42-43-45-47-49-51-53-55-57-64(67)73-62(61-72-74(68,69)71-59-58-65(3,4)5)60-70-63(66)56-54-52-50-48-46-44-19-17-15-13-11-9-7-2/h8,10,14,16-17,19-21,23-24,26-27,62H,6-7,9,11-13,15,18,22,25,28-61H2,1-5H3/p+1/b10-8-,16-14-,19-17-,21-20-,24-23-,27-26-. The van der Waals surface area contributed by atoms with E-state index in [0.29, 0.717) is 17.4 Å². The Morgan fingerprint density at radius 1 is 0.432 bits per heavy atom. The van der Waals surface area contributed by atoms with Gasteiger partial charge in [-0.15, -0.1) is 0 Å². The van der Waals surface area contributed by atoms with Crippen LogP contribution in [0.5, 0.6) is 0 Å². The highest BCUT2D eigenvalue weighted by atomic mass is 31.2. The third kappa shape index (κ3) is 58.7. The van der Waals surface area contributed by atoms with E-state index in [1.807, 2.05) is 21.1 Å². The van der Waals surface area contributed by atoms with Crippen LogP contribution in [0.25, 0.3) is 0 Å². The summed E-state index contributed by atoms with van der Waals surface area (Å²) in [5.41, 5.74) is 0. The summed E-state index contributed by atoms with van der Waals surface area (Å²) in [6, 6.07) is 0. The zero-order chi connectivity index (χ0) is 54.2. The van der Waals surface area contributed by atoms with Gasteiger partial charge in [0.15, 0.2) is 6.10 Å². The van der Waals surface area contributed by atoms with E-state index in [1.165, 1.54) is 154 Å². The molecule has 0 bridgehead atoms. The van der Waals surface area contributed by atoms with Crippen LogP contribution >= 0.6 is 7.82 Å². The number of phosphoric acid groups is 1. The number of rotatable bonds is 56. The van der Waals surface area contributed by atoms with Crippen molar-refractivity contribution in [2.24, 2.45) is 0 Å². The number of ether oxygens (including phenoxy) is 2. The number of quaternary nitrogens is 1. The Balaban J connectivity index is 3.94. The van der Waals surface area contributed by atoms with Gasteiger partial charge in [0.25, 0.3) is 0 Å². The van der Waals surface area contributed by atoms with Crippen molar-refractivity contribution < 1.29 is 42.1 Å². The van der Waals surface area contributed by atoms with E-state index >= 15 is 0 Å². The average molecular weight is 1060 g/mol. The van der Waals surface area contributed by atoms with Crippen molar-refractivity contribution in [1.82, 2.24) is 0 Å². The molecule has 0 heterocycles. The average Bonchev–Trinajstić information content (AvgIpc) is 3.36. The fourth-order valence-electron chi connectivity index (χ4n) is 8.51. The predicted molar refractivity (Wildman–Crippen MR) is 316 cm³/mol. The highest BCUT2D eigenvalue weighted by molar-refractivity contribution is 7.47. The fraction of sp³-hybridized carbons (Fsp3) is 0.781. The van der Waals surface area contributed by atoms with Gasteiger partial charge >= 0.3 is 19.8 Å². The van der Waals surface area contributed by atoms with Gasteiger partial charge in [0, 0.05) is 12.8 Å². The van der Waals surface area contributed by atoms with E-state index in [0.717, 1.165) is 83.5 Å². The third-order valence-corrected chi connectivity index (χ3v) is 14.2. The number of carbonyl (C=O) groups is 2. The molecule has 430 valence electrons. The van der Waals surface area contributed by atoms with Crippen molar-refractivity contribution in [1.29, 1.82) is 0 Å². The molecule has 0 aliphatic rings. The van der Waals surface area contributed by atoms with Gasteiger partial charge in [-0.05, 0) is 83.5 Å². The van der Waals surface area contributed by atoms with Crippen LogP contribution in [0.4, 0.5) is 0 Å². The van der Waals surface area contributed by atoms with E-state index in [2.05, 4.69) is 86.8 Å². The molecule has 0 radical (unpaired) electrons. The summed E-state index contributed by atoms with van der Waals surface area (Å²) in [4.78, 5) is 35.6. The minimum Gasteiger partial charge on any atom is -0.462 e. The van der Waals surface area contributed by atoms with Gasteiger partial charge in [-0.1, -0.05) is 247 Å². The van der Waals surface area contributed by atoms with Crippen molar-refractivity contribution in [2.45, 2.75) is 277 Å². The van der Waals surface area contributed by atoms with Crippen molar-refractivity contribution >= 4 is 19.8 Å². The second kappa shape index (κ2) is 55.2. The highest BCUT2D eigenvalue weighted by Gasteiger charge is 2.27. The van der Waals surface area contributed by atoms with Crippen LogP contribution in [0.1, 0.15) is 271 Å². The molecule has 10 heteroatoms. The van der Waals surface area contributed by atoms with Crippen LogP contribution < -0.4 is 0 Å². The fourth-order valence-corrected chi connectivity index (χ4v) is 9.25. The van der Waals surface area contributed by atoms with Crippen LogP contribution in [0, 0.1) is 0 Å². The SMILES string of the molecule is CC/C=C\C/C=C\C/C=C\C/C=C\C/C=C\CCCCCCCCCCCCCCCCCCCCCCCC(=O)OC(COC(=O)CCCCCCC/C=C\CCCCCC)COP(=O)(O)OCC[N+](C)(C)C. The van der Waals surface area contributed by atoms with E-state index in [9.17, 15) is 19.0 Å². The maximum Gasteiger partial charge on any atom is 0.472 e. The first-order valence-electron chi connectivity index (χ1n) is 30.7. The van der Waals surface area contributed by atoms with E-state index in [-0.39, 0.29) is 32.0 Å². The molecule has 0 aromatic rings. The summed E-state index contributed by atoms with van der Waals surface area (Å²) in [6.45, 7) is 4.31. The normalized spacial score (nSPS) is 13.8. The topological polar surface area (TPSA) is 108 Å². The minimum atomic E-state index is -4.38. The molecule has 0 aliphatic heterocycles. The Hall–Kier alpha value is -2.55. The molecule has 0 amide bonds. The minimum absolute atomic E-state index is 0.0305. The molecule has 0 aromatic carbocycles. The van der Waals surface area contributed by atoms with Crippen molar-refractivity contribution in [3.8, 4) is 0 Å². The number of hydrogen-bond donors (Lipinski definition) is 1. The zero-order valence-electron chi connectivity index (χ0n) is 48.8. The molecular weight excluding hydrogens is 942 g/mol. The monoisotopic (exact) mass is 1060 g/mol. The number of allylic oxidation sites excluding steroid dienone is 12. The van der Waals surface area contributed by atoms with E-state index < -0.39 is 26.5 Å². The molecular formula is C64H117NO8P+. The van der Waals surface area contributed by atoms with Crippen LogP contribution in [0.15, 0.2) is 72.9 Å². The van der Waals surface area contributed by atoms with Gasteiger partial charge in [-0.2, -0.15) is 0 Å². The van der Waals surface area contributed by atoms with Gasteiger partial charge in [-0.3, -0.25) is 18.6 Å². The molecule has 0 rings (SSSR count). The lowest BCUT2D eigenvalue weighted by molar-refractivity contribution is -0.870. The van der Waals surface area contributed by atoms with Gasteiger partial charge < -0.3 is 18.9 Å². The summed E-state index contributed by atoms with van der Waals surface area (Å²) < 4.78 is 34.5. The number of phosphoric ester groups is 1. The smallest absolute Gasteiger partial charge is 0.462 e. The Kier molecular flexibility index (Phi) is 53.3. The second-order valence-corrected chi connectivity index (χ2v) is 23.2. The molecule has 74 heavy (non-hydrogen) atoms. The maximum atomic E-state index is 12.8. The summed E-state index contributed by atoms with van der Waals surface area (Å²) >= 11 is 0. The largest absolute Gasteiger partial charge is 0.472 e. The lowest BCUT2D eigenvalue weighted by atomic mass is 10.0. The molecule has 0 saturated heterocycles. The summed E-state index contributed by atoms with van der Waals surface area (Å²) in [5.74, 6) is -0.800. The van der Waals surface area contributed by atoms with E-state index in [1.54, 1.807) is 0 Å². The Bertz CT molecular complexity index is 1480. The molecule has 0 saturated carbocycles. The Labute approximate surface area is 457 Å². The van der Waals surface area contributed by atoms with Gasteiger partial charge in [0.1, 0.15) is 19.8 Å². The molecule has 2 atom stereocenters. The molecule has 0 fully saturated rings. The number of hydrogen-bond acceptors (Lipinski definition) is 7. The number of carbonyl (C=O) groups excluding carboxylic acids is 2. The highest BCUT2D eigenvalue weighted by Crippen LogP contribution is 2.43. The number of unbranched alkanes of at least 4 members (excludes halogenated alkanes) is 30.